The fourth-order valence-electron chi connectivity index (χ4n) is 1.72. The van der Waals surface area contributed by atoms with Crippen molar-refractivity contribution in [3.05, 3.63) is 53.5 Å². The minimum Gasteiger partial charge on any atom is -0.481 e. The molecule has 116 valence electrons. The second-order valence-corrected chi connectivity index (χ2v) is 4.28. The monoisotopic (exact) mass is 311 g/mol. The Morgan fingerprint density at radius 3 is 2.64 bits per heavy atom. The summed E-state index contributed by atoms with van der Waals surface area (Å²) in [5, 5.41) is 2.57. The van der Waals surface area contributed by atoms with Crippen molar-refractivity contribution in [2.75, 3.05) is 7.11 Å². The molecule has 0 spiro atoms. The topological polar surface area (TPSA) is 64.1 Å². The van der Waals surface area contributed by atoms with Crippen molar-refractivity contribution in [1.82, 2.24) is 15.3 Å². The van der Waals surface area contributed by atoms with Crippen molar-refractivity contribution in [3.8, 4) is 5.88 Å². The Balaban J connectivity index is 2.03. The molecule has 8 heteroatoms. The van der Waals surface area contributed by atoms with Crippen LogP contribution in [-0.4, -0.2) is 23.0 Å². The van der Waals surface area contributed by atoms with Gasteiger partial charge in [-0.25, -0.2) is 4.98 Å². The lowest BCUT2D eigenvalue weighted by atomic mass is 10.2. The number of pyridine rings is 2. The molecule has 0 aliphatic heterocycles. The quantitative estimate of drug-likeness (QED) is 0.942. The number of amides is 1. The van der Waals surface area contributed by atoms with Gasteiger partial charge in [-0.2, -0.15) is 13.2 Å². The van der Waals surface area contributed by atoms with Crippen LogP contribution in [0.1, 0.15) is 21.6 Å². The number of carbonyl (C=O) groups is 1. The van der Waals surface area contributed by atoms with Crippen molar-refractivity contribution in [2.45, 2.75) is 12.7 Å². The first-order valence-corrected chi connectivity index (χ1v) is 6.21. The number of ether oxygens (including phenoxy) is 1. The van der Waals surface area contributed by atoms with Crippen molar-refractivity contribution in [3.63, 3.8) is 0 Å². The molecule has 2 heterocycles. The van der Waals surface area contributed by atoms with Crippen LogP contribution in [0, 0.1) is 0 Å². The molecule has 0 atom stereocenters. The zero-order chi connectivity index (χ0) is 16.2. The van der Waals surface area contributed by atoms with Gasteiger partial charge in [-0.15, -0.1) is 0 Å². The predicted molar refractivity (Wildman–Crippen MR) is 71.2 cm³/mol. The highest BCUT2D eigenvalue weighted by Crippen LogP contribution is 2.27. The van der Waals surface area contributed by atoms with Crippen molar-refractivity contribution < 1.29 is 22.7 Å². The first-order valence-electron chi connectivity index (χ1n) is 6.21. The third-order valence-corrected chi connectivity index (χ3v) is 2.80. The minimum atomic E-state index is -4.53. The van der Waals surface area contributed by atoms with E-state index in [1.807, 2.05) is 0 Å². The van der Waals surface area contributed by atoms with Crippen LogP contribution in [0.2, 0.25) is 0 Å². The molecule has 2 aromatic heterocycles. The van der Waals surface area contributed by atoms with Gasteiger partial charge in [0, 0.05) is 24.5 Å². The van der Waals surface area contributed by atoms with Gasteiger partial charge in [0.2, 0.25) is 5.88 Å². The molecule has 0 saturated heterocycles. The number of alkyl halides is 3. The number of aromatic nitrogens is 2. The molecule has 0 saturated carbocycles. The molecular weight excluding hydrogens is 299 g/mol. The highest BCUT2D eigenvalue weighted by Gasteiger charge is 2.32. The summed E-state index contributed by atoms with van der Waals surface area (Å²) in [6.07, 6.45) is -2.10. The standard InChI is InChI=1S/C14H12F3N3O2/c1-22-13-10(3-2-6-18-13)8-20-12(21)9-4-5-11(19-7-9)14(15,16)17/h2-7H,8H2,1H3,(H,20,21). The Hall–Kier alpha value is -2.64. The summed E-state index contributed by atoms with van der Waals surface area (Å²) < 4.78 is 42.2. The van der Waals surface area contributed by atoms with E-state index in [9.17, 15) is 18.0 Å². The lowest BCUT2D eigenvalue weighted by Crippen LogP contribution is -2.23. The zero-order valence-corrected chi connectivity index (χ0v) is 11.5. The normalized spacial score (nSPS) is 11.1. The summed E-state index contributed by atoms with van der Waals surface area (Å²) in [5.74, 6) is -0.166. The number of carbonyl (C=O) groups excluding carboxylic acids is 1. The smallest absolute Gasteiger partial charge is 0.433 e. The fraction of sp³-hybridized carbons (Fsp3) is 0.214. The Kier molecular flexibility index (Phi) is 4.59. The van der Waals surface area contributed by atoms with E-state index in [-0.39, 0.29) is 12.1 Å². The van der Waals surface area contributed by atoms with Crippen LogP contribution in [0.15, 0.2) is 36.7 Å². The van der Waals surface area contributed by atoms with Crippen molar-refractivity contribution in [1.29, 1.82) is 0 Å². The molecule has 1 N–H and O–H groups in total. The molecular formula is C14H12F3N3O2. The summed E-state index contributed by atoms with van der Waals surface area (Å²) >= 11 is 0. The molecule has 0 fully saturated rings. The maximum atomic E-state index is 12.4. The molecule has 1 amide bonds. The van der Waals surface area contributed by atoms with Gasteiger partial charge in [0.1, 0.15) is 5.69 Å². The molecule has 0 aliphatic carbocycles. The summed E-state index contributed by atoms with van der Waals surface area (Å²) in [6.45, 7) is 0.136. The second-order valence-electron chi connectivity index (χ2n) is 4.28. The summed E-state index contributed by atoms with van der Waals surface area (Å²) in [6, 6.07) is 5.24. The Bertz CT molecular complexity index is 657. The van der Waals surface area contributed by atoms with E-state index in [1.165, 1.54) is 7.11 Å². The number of methoxy groups -OCH3 is 1. The van der Waals surface area contributed by atoms with Gasteiger partial charge in [-0.3, -0.25) is 9.78 Å². The predicted octanol–water partition coefficient (Wildman–Crippen LogP) is 2.43. The highest BCUT2D eigenvalue weighted by molar-refractivity contribution is 5.93. The van der Waals surface area contributed by atoms with Gasteiger partial charge in [-0.05, 0) is 18.2 Å². The molecule has 22 heavy (non-hydrogen) atoms. The van der Waals surface area contributed by atoms with Gasteiger partial charge >= 0.3 is 6.18 Å². The van der Waals surface area contributed by atoms with Crippen LogP contribution in [0.4, 0.5) is 13.2 Å². The van der Waals surface area contributed by atoms with E-state index in [0.29, 0.717) is 11.4 Å². The SMILES string of the molecule is COc1ncccc1CNC(=O)c1ccc(C(F)(F)F)nc1. The number of halogens is 3. The largest absolute Gasteiger partial charge is 0.481 e. The van der Waals surface area contributed by atoms with Gasteiger partial charge in [-0.1, -0.05) is 6.07 Å². The summed E-state index contributed by atoms with van der Waals surface area (Å²) in [7, 11) is 1.45. The fourth-order valence-corrected chi connectivity index (χ4v) is 1.72. The number of nitrogens with one attached hydrogen (secondary N) is 1. The number of rotatable bonds is 4. The molecule has 2 aromatic rings. The average Bonchev–Trinajstić information content (AvgIpc) is 2.52. The van der Waals surface area contributed by atoms with Crippen molar-refractivity contribution in [2.24, 2.45) is 0 Å². The lowest BCUT2D eigenvalue weighted by Gasteiger charge is -2.09. The van der Waals surface area contributed by atoms with E-state index in [2.05, 4.69) is 15.3 Å². The van der Waals surface area contributed by atoms with E-state index in [0.717, 1.165) is 18.3 Å². The first kappa shape index (κ1) is 15.7. The zero-order valence-electron chi connectivity index (χ0n) is 11.5. The van der Waals surface area contributed by atoms with Crippen LogP contribution in [0.5, 0.6) is 5.88 Å². The third kappa shape index (κ3) is 3.72. The third-order valence-electron chi connectivity index (χ3n) is 2.80. The van der Waals surface area contributed by atoms with Crippen LogP contribution in [-0.2, 0) is 12.7 Å². The van der Waals surface area contributed by atoms with Crippen LogP contribution >= 0.6 is 0 Å². The Labute approximate surface area is 124 Å². The van der Waals surface area contributed by atoms with Gasteiger partial charge in [0.15, 0.2) is 0 Å². The maximum absolute atomic E-state index is 12.4. The van der Waals surface area contributed by atoms with Gasteiger partial charge < -0.3 is 10.1 Å². The van der Waals surface area contributed by atoms with Crippen LogP contribution in [0.3, 0.4) is 0 Å². The number of hydrogen-bond donors (Lipinski definition) is 1. The van der Waals surface area contributed by atoms with Crippen LogP contribution < -0.4 is 10.1 Å². The van der Waals surface area contributed by atoms with Gasteiger partial charge in [0.25, 0.3) is 5.91 Å². The molecule has 0 bridgehead atoms. The molecule has 0 radical (unpaired) electrons. The summed E-state index contributed by atoms with van der Waals surface area (Å²) in [5.41, 5.74) is -0.355. The molecule has 0 aliphatic rings. The van der Waals surface area contributed by atoms with E-state index >= 15 is 0 Å². The van der Waals surface area contributed by atoms with Gasteiger partial charge in [0.05, 0.1) is 12.7 Å². The average molecular weight is 311 g/mol. The van der Waals surface area contributed by atoms with E-state index in [4.69, 9.17) is 4.74 Å². The molecule has 2 rings (SSSR count). The van der Waals surface area contributed by atoms with E-state index in [1.54, 1.807) is 18.3 Å². The highest BCUT2D eigenvalue weighted by atomic mass is 19.4. The molecule has 0 unspecified atom stereocenters. The number of nitrogens with zero attached hydrogens (tertiary/aromatic N) is 2. The Morgan fingerprint density at radius 2 is 2.05 bits per heavy atom. The maximum Gasteiger partial charge on any atom is 0.433 e. The second kappa shape index (κ2) is 6.42. The minimum absolute atomic E-state index is 0.0378. The van der Waals surface area contributed by atoms with E-state index < -0.39 is 17.8 Å². The first-order chi connectivity index (χ1) is 10.4. The lowest BCUT2D eigenvalue weighted by molar-refractivity contribution is -0.141. The Morgan fingerprint density at radius 1 is 1.27 bits per heavy atom. The van der Waals surface area contributed by atoms with Crippen molar-refractivity contribution >= 4 is 5.91 Å². The molecule has 5 nitrogen and oxygen atoms in total. The number of hydrogen-bond acceptors (Lipinski definition) is 4. The van der Waals surface area contributed by atoms with Crippen LogP contribution in [0.25, 0.3) is 0 Å². The molecule has 0 aromatic carbocycles. The summed E-state index contributed by atoms with van der Waals surface area (Å²) in [4.78, 5) is 19.1.